The zero-order valence-corrected chi connectivity index (χ0v) is 11.1. The highest BCUT2D eigenvalue weighted by atomic mass is 16.6. The topological polar surface area (TPSA) is 57.4 Å². The number of aromatic nitrogens is 1. The number of benzene rings is 1. The average Bonchev–Trinajstić information content (AvgIpc) is 3.13. The fourth-order valence-corrected chi connectivity index (χ4v) is 2.16. The Morgan fingerprint density at radius 1 is 1.57 bits per heavy atom. The highest BCUT2D eigenvalue weighted by molar-refractivity contribution is 5.84. The summed E-state index contributed by atoms with van der Waals surface area (Å²) in [6, 6.07) is -1.95. The fraction of sp³-hybridized carbons (Fsp3) is 0.438. The summed E-state index contributed by atoms with van der Waals surface area (Å²) in [6.07, 6.45) is -1.80. The molecule has 5 heteroatoms. The fourth-order valence-electron chi connectivity index (χ4n) is 2.16. The van der Waals surface area contributed by atoms with Crippen molar-refractivity contribution in [3.63, 3.8) is 0 Å². The van der Waals surface area contributed by atoms with E-state index in [1.165, 1.54) is 0 Å². The molecule has 0 radical (unpaired) electrons. The Labute approximate surface area is 141 Å². The van der Waals surface area contributed by atoms with Crippen molar-refractivity contribution in [1.82, 2.24) is 15.2 Å². The normalized spacial score (nSPS) is 28.1. The van der Waals surface area contributed by atoms with Gasteiger partial charge in [-0.3, -0.25) is 0 Å². The first-order valence-corrected chi connectivity index (χ1v) is 6.41. The number of fused-ring (bicyclic) bond motifs is 1. The molecular formula is C16H21N3O2. The molecule has 0 unspecified atom stereocenters. The van der Waals surface area contributed by atoms with Gasteiger partial charge in [0.2, 0.25) is 0 Å². The third-order valence-electron chi connectivity index (χ3n) is 3.16. The van der Waals surface area contributed by atoms with Gasteiger partial charge in [0, 0.05) is 31.8 Å². The average molecular weight is 299 g/mol. The second-order valence-corrected chi connectivity index (χ2v) is 4.74. The minimum Gasteiger partial charge on any atom is -0.447 e. The maximum Gasteiger partial charge on any atom is 0.407 e. The maximum atomic E-state index is 11.5. The van der Waals surface area contributed by atoms with Crippen LogP contribution >= 0.6 is 0 Å². The van der Waals surface area contributed by atoms with Crippen molar-refractivity contribution in [3.8, 4) is 0 Å². The first kappa shape index (κ1) is 5.65. The van der Waals surface area contributed by atoms with Crippen LogP contribution in [0, 0.1) is 0 Å². The van der Waals surface area contributed by atoms with Crippen molar-refractivity contribution in [3.05, 3.63) is 35.4 Å². The lowest BCUT2D eigenvalue weighted by Gasteiger charge is -2.09. The summed E-state index contributed by atoms with van der Waals surface area (Å²) < 4.78 is 99.0. The van der Waals surface area contributed by atoms with Gasteiger partial charge in [0.25, 0.3) is 0 Å². The van der Waals surface area contributed by atoms with Gasteiger partial charge < -0.3 is 19.9 Å². The molecule has 0 aliphatic carbocycles. The third kappa shape index (κ3) is 3.19. The Kier molecular flexibility index (Phi) is 1.55. The molecule has 2 aromatic rings. The number of cyclic esters (lactones) is 1. The predicted molar refractivity (Wildman–Crippen MR) is 82.5 cm³/mol. The summed E-state index contributed by atoms with van der Waals surface area (Å²) in [6.45, 7) is -6.59. The van der Waals surface area contributed by atoms with Crippen LogP contribution < -0.4 is 5.31 Å². The SMILES string of the molecule is [2H]c1c(C[C@H]2COC(=O)N2[2H])c([2H])c2c(CCN(C([2H])([2H])[2H])C([2H])([2H])[2H])c([2H])n([2H])c2c1[2H]. The molecule has 1 aromatic carbocycles. The summed E-state index contributed by atoms with van der Waals surface area (Å²) in [5, 5.41) is 0.535. The van der Waals surface area contributed by atoms with E-state index in [1.54, 1.807) is 0 Å². The van der Waals surface area contributed by atoms with E-state index in [9.17, 15) is 4.79 Å². The number of rotatable bonds is 5. The molecule has 112 valence electrons. The largest absolute Gasteiger partial charge is 0.447 e. The number of H-pyrrole nitrogens is 1. The first-order chi connectivity index (χ1) is 15.1. The minimum absolute atomic E-state index is 0.000252. The Bertz CT molecular complexity index is 1080. The van der Waals surface area contributed by atoms with Crippen molar-refractivity contribution in [2.45, 2.75) is 18.9 Å². The number of ether oxygens (including phenoxy) is 1. The Hall–Kier alpha value is -2.01. The standard InChI is InChI=1S/C16H21N3O2/c1-19(2)6-5-12-9-17-15-4-3-11(8-14(12)15)7-13-10-21-16(20)18-13/h3-4,8-9,13,17H,5-7,10H2,1-2H3,(H,18,20)/t13-/m0/s1/i1D3,2D3,3D,4D,8D,9D/hD2. The lowest BCUT2D eigenvalue weighted by Crippen LogP contribution is -2.28. The van der Waals surface area contributed by atoms with Crippen LogP contribution in [0.25, 0.3) is 10.9 Å². The lowest BCUT2D eigenvalue weighted by molar-refractivity contribution is 0.177. The molecule has 1 aromatic heterocycles. The summed E-state index contributed by atoms with van der Waals surface area (Å²) in [5.74, 6) is 0. The van der Waals surface area contributed by atoms with Gasteiger partial charge in [-0.15, -0.1) is 0 Å². The molecule has 5 nitrogen and oxygen atoms in total. The first-order valence-electron chi connectivity index (χ1n) is 12.3. The molecular weight excluding hydrogens is 266 g/mol. The van der Waals surface area contributed by atoms with Gasteiger partial charge in [-0.05, 0) is 50.0 Å². The number of carbonyl (C=O) groups is 1. The predicted octanol–water partition coefficient (Wildman–Crippen LogP) is 1.92. The molecule has 1 fully saturated rings. The van der Waals surface area contributed by atoms with E-state index in [0.29, 0.717) is 15.2 Å². The minimum atomic E-state index is -2.96. The molecule has 1 aliphatic rings. The summed E-state index contributed by atoms with van der Waals surface area (Å²) in [4.78, 5) is 12.3. The van der Waals surface area contributed by atoms with Crippen LogP contribution in [-0.2, 0) is 17.6 Å². The molecule has 3 rings (SSSR count). The summed E-state index contributed by atoms with van der Waals surface area (Å²) in [7, 11) is 0. The zero-order chi connectivity index (χ0) is 25.0. The quantitative estimate of drug-likeness (QED) is 0.887. The van der Waals surface area contributed by atoms with Crippen molar-refractivity contribution >= 4 is 17.0 Å². The molecule has 1 aliphatic heterocycles. The molecule has 1 saturated heterocycles. The summed E-state index contributed by atoms with van der Waals surface area (Å²) in [5.41, 5.74) is -0.201. The number of amides is 1. The molecule has 2 N–H and O–H groups in total. The van der Waals surface area contributed by atoms with Crippen molar-refractivity contribution in [2.24, 2.45) is 0 Å². The van der Waals surface area contributed by atoms with Crippen LogP contribution in [0.15, 0.2) is 24.3 Å². The van der Waals surface area contributed by atoms with Gasteiger partial charge in [0.05, 0.1) is 11.5 Å². The lowest BCUT2D eigenvalue weighted by atomic mass is 10.0. The van der Waals surface area contributed by atoms with E-state index >= 15 is 0 Å². The van der Waals surface area contributed by atoms with Gasteiger partial charge in [-0.2, -0.15) is 0 Å². The number of hydrogen-bond donors (Lipinski definition) is 2. The zero-order valence-electron chi connectivity index (χ0n) is 23.1. The molecule has 2 heterocycles. The molecule has 0 bridgehead atoms. The van der Waals surface area contributed by atoms with Gasteiger partial charge in [-0.1, -0.05) is 6.04 Å². The van der Waals surface area contributed by atoms with Crippen LogP contribution in [0.2, 0.25) is 2.82 Å². The van der Waals surface area contributed by atoms with Gasteiger partial charge in [0.15, 0.2) is 2.82 Å². The van der Waals surface area contributed by atoms with Crippen molar-refractivity contribution in [1.29, 1.82) is 0 Å². The van der Waals surface area contributed by atoms with Crippen LogP contribution in [0.1, 0.15) is 24.8 Å². The highest BCUT2D eigenvalue weighted by Crippen LogP contribution is 2.21. The molecule has 21 heavy (non-hydrogen) atoms. The number of hydrogen-bond acceptors (Lipinski definition) is 3. The second-order valence-electron chi connectivity index (χ2n) is 4.74. The van der Waals surface area contributed by atoms with Crippen LogP contribution in [0.3, 0.4) is 0 Å². The van der Waals surface area contributed by atoms with Crippen molar-refractivity contribution < 1.29 is 26.1 Å². The molecule has 1 amide bonds. The smallest absolute Gasteiger partial charge is 0.407 e. The second kappa shape index (κ2) is 5.77. The van der Waals surface area contributed by atoms with E-state index in [1.807, 2.05) is 0 Å². The van der Waals surface area contributed by atoms with E-state index in [0.717, 1.165) is 0 Å². The third-order valence-corrected chi connectivity index (χ3v) is 3.16. The van der Waals surface area contributed by atoms with E-state index in [4.69, 9.17) is 21.3 Å². The number of alkyl carbamates (subject to hydrolysis) is 1. The van der Waals surface area contributed by atoms with Gasteiger partial charge >= 0.3 is 6.09 Å². The molecule has 0 spiro atoms. The van der Waals surface area contributed by atoms with E-state index in [2.05, 4.69) is 0 Å². The number of nitrogens with one attached hydrogen (secondary N) is 2. The number of aromatic amines is 1. The van der Waals surface area contributed by atoms with Crippen molar-refractivity contribution in [2.75, 3.05) is 27.1 Å². The molecule has 1 atom stereocenters. The van der Waals surface area contributed by atoms with Gasteiger partial charge in [-0.25, -0.2) is 4.79 Å². The number of likely N-dealkylation sites (N-methyl/N-ethyl adjacent to an activating group) is 1. The number of nitrogens with zero attached hydrogens (tertiary/aromatic N) is 1. The van der Waals surface area contributed by atoms with Crippen LogP contribution in [0.5, 0.6) is 0 Å². The van der Waals surface area contributed by atoms with E-state index < -0.39 is 50.9 Å². The Morgan fingerprint density at radius 2 is 2.48 bits per heavy atom. The Balaban J connectivity index is 2.10. The molecule has 0 saturated carbocycles. The maximum absolute atomic E-state index is 11.5. The van der Waals surface area contributed by atoms with E-state index in [-0.39, 0.29) is 47.5 Å². The Morgan fingerprint density at radius 3 is 3.24 bits per heavy atom. The highest BCUT2D eigenvalue weighted by Gasteiger charge is 2.22. The van der Waals surface area contributed by atoms with Crippen LogP contribution in [0.4, 0.5) is 4.79 Å². The number of carbonyl (C=O) groups excluding carboxylic acids is 1. The summed E-state index contributed by atoms with van der Waals surface area (Å²) >= 11 is 0. The van der Waals surface area contributed by atoms with Crippen LogP contribution in [-0.4, -0.2) is 49.1 Å². The van der Waals surface area contributed by atoms with Gasteiger partial charge in [0.1, 0.15) is 6.61 Å². The monoisotopic (exact) mass is 299 g/mol.